The first-order chi connectivity index (χ1) is 7.31. The molecular formula is C12H26N2O. The number of aliphatic hydroxyl groups is 1. The average Bonchev–Trinajstić information content (AvgIpc) is 2.27. The molecule has 0 aromatic rings. The van der Waals surface area contributed by atoms with Crippen LogP contribution in [-0.4, -0.2) is 42.3 Å². The maximum Gasteiger partial charge on any atom is 0.0434 e. The lowest BCUT2D eigenvalue weighted by Crippen LogP contribution is -2.43. The Morgan fingerprint density at radius 3 is 2.93 bits per heavy atom. The van der Waals surface area contributed by atoms with Gasteiger partial charge in [0.15, 0.2) is 0 Å². The molecule has 3 N–H and O–H groups in total. The van der Waals surface area contributed by atoms with Gasteiger partial charge in [0, 0.05) is 19.2 Å². The zero-order valence-electron chi connectivity index (χ0n) is 9.99. The van der Waals surface area contributed by atoms with Crippen LogP contribution in [0.3, 0.4) is 0 Å². The van der Waals surface area contributed by atoms with Gasteiger partial charge in [-0.2, -0.15) is 0 Å². The molecule has 0 saturated carbocycles. The van der Waals surface area contributed by atoms with Crippen LogP contribution in [0, 0.1) is 5.92 Å². The summed E-state index contributed by atoms with van der Waals surface area (Å²) in [6.45, 7) is 5.77. The van der Waals surface area contributed by atoms with E-state index in [9.17, 15) is 0 Å². The van der Waals surface area contributed by atoms with E-state index in [0.717, 1.165) is 19.4 Å². The number of likely N-dealkylation sites (tertiary alicyclic amines) is 1. The lowest BCUT2D eigenvalue weighted by atomic mass is 9.93. The van der Waals surface area contributed by atoms with Gasteiger partial charge >= 0.3 is 0 Å². The summed E-state index contributed by atoms with van der Waals surface area (Å²) in [7, 11) is 0. The van der Waals surface area contributed by atoms with E-state index >= 15 is 0 Å². The van der Waals surface area contributed by atoms with Crippen molar-refractivity contribution in [2.45, 2.75) is 45.1 Å². The highest BCUT2D eigenvalue weighted by Gasteiger charge is 2.23. The molecule has 0 bridgehead atoms. The summed E-state index contributed by atoms with van der Waals surface area (Å²) in [6, 6.07) is 0.663. The molecule has 0 radical (unpaired) electrons. The molecule has 0 aliphatic carbocycles. The molecule has 1 fully saturated rings. The van der Waals surface area contributed by atoms with Gasteiger partial charge in [0.05, 0.1) is 0 Å². The van der Waals surface area contributed by atoms with E-state index in [0.29, 0.717) is 18.6 Å². The first kappa shape index (κ1) is 12.9. The topological polar surface area (TPSA) is 49.5 Å². The minimum absolute atomic E-state index is 0.339. The Kier molecular flexibility index (Phi) is 6.22. The van der Waals surface area contributed by atoms with E-state index in [1.807, 2.05) is 0 Å². The highest BCUT2D eigenvalue weighted by Crippen LogP contribution is 2.22. The molecule has 0 spiro atoms. The second-order valence-electron chi connectivity index (χ2n) is 4.65. The largest absolute Gasteiger partial charge is 0.396 e. The van der Waals surface area contributed by atoms with Gasteiger partial charge in [-0.05, 0) is 51.1 Å². The van der Waals surface area contributed by atoms with Gasteiger partial charge in [-0.25, -0.2) is 0 Å². The molecule has 0 aromatic carbocycles. The number of hydrogen-bond acceptors (Lipinski definition) is 3. The molecule has 1 rings (SSSR count). The van der Waals surface area contributed by atoms with E-state index in [4.69, 9.17) is 10.8 Å². The normalized spacial score (nSPS) is 25.4. The lowest BCUT2D eigenvalue weighted by molar-refractivity contribution is 0.101. The third-order valence-corrected chi connectivity index (χ3v) is 3.58. The molecule has 90 valence electrons. The van der Waals surface area contributed by atoms with E-state index in [-0.39, 0.29) is 0 Å². The van der Waals surface area contributed by atoms with E-state index in [1.54, 1.807) is 0 Å². The van der Waals surface area contributed by atoms with Crippen molar-refractivity contribution in [3.05, 3.63) is 0 Å². The van der Waals surface area contributed by atoms with Gasteiger partial charge in [-0.3, -0.25) is 0 Å². The van der Waals surface area contributed by atoms with Crippen molar-refractivity contribution < 1.29 is 5.11 Å². The molecule has 1 saturated heterocycles. The maximum atomic E-state index is 8.97. The molecule has 3 nitrogen and oxygen atoms in total. The van der Waals surface area contributed by atoms with E-state index in [1.165, 1.54) is 32.4 Å². The van der Waals surface area contributed by atoms with Crippen LogP contribution in [0.25, 0.3) is 0 Å². The van der Waals surface area contributed by atoms with Crippen molar-refractivity contribution in [3.8, 4) is 0 Å². The SMILES string of the molecule is CCC(CCN)N1CCCC(CCO)C1. The van der Waals surface area contributed by atoms with E-state index < -0.39 is 0 Å². The fourth-order valence-corrected chi connectivity index (χ4v) is 2.68. The Morgan fingerprint density at radius 1 is 1.53 bits per heavy atom. The van der Waals surface area contributed by atoms with Crippen LogP contribution in [0.15, 0.2) is 0 Å². The Bertz CT molecular complexity index is 162. The molecule has 2 unspecified atom stereocenters. The minimum atomic E-state index is 0.339. The van der Waals surface area contributed by atoms with Crippen molar-refractivity contribution in [2.75, 3.05) is 26.2 Å². The van der Waals surface area contributed by atoms with Gasteiger partial charge in [0.2, 0.25) is 0 Å². The third kappa shape index (κ3) is 4.09. The van der Waals surface area contributed by atoms with Crippen LogP contribution >= 0.6 is 0 Å². The van der Waals surface area contributed by atoms with Gasteiger partial charge in [0.1, 0.15) is 0 Å². The predicted octanol–water partition coefficient (Wildman–Crippen LogP) is 1.21. The standard InChI is InChI=1S/C12H26N2O/c1-2-12(5-7-13)14-8-3-4-11(10-14)6-9-15/h11-12,15H,2-10,13H2,1H3. The fraction of sp³-hybridized carbons (Fsp3) is 1.00. The number of nitrogens with two attached hydrogens (primary N) is 1. The number of piperidine rings is 1. The molecule has 1 aliphatic heterocycles. The van der Waals surface area contributed by atoms with Crippen molar-refractivity contribution in [3.63, 3.8) is 0 Å². The van der Waals surface area contributed by atoms with Crippen molar-refractivity contribution in [2.24, 2.45) is 11.7 Å². The average molecular weight is 214 g/mol. The first-order valence-electron chi connectivity index (χ1n) is 6.36. The number of hydrogen-bond donors (Lipinski definition) is 2. The number of nitrogens with zero attached hydrogens (tertiary/aromatic N) is 1. The molecule has 1 heterocycles. The highest BCUT2D eigenvalue weighted by molar-refractivity contribution is 4.78. The van der Waals surface area contributed by atoms with Crippen LogP contribution < -0.4 is 5.73 Å². The summed E-state index contributed by atoms with van der Waals surface area (Å²) >= 11 is 0. The quantitative estimate of drug-likeness (QED) is 0.698. The van der Waals surface area contributed by atoms with Crippen LogP contribution in [0.4, 0.5) is 0 Å². The Morgan fingerprint density at radius 2 is 2.33 bits per heavy atom. The fourth-order valence-electron chi connectivity index (χ4n) is 2.68. The van der Waals surface area contributed by atoms with Gasteiger partial charge in [-0.15, -0.1) is 0 Å². The number of aliphatic hydroxyl groups excluding tert-OH is 1. The van der Waals surface area contributed by atoms with Crippen molar-refractivity contribution in [1.29, 1.82) is 0 Å². The summed E-state index contributed by atoms with van der Waals surface area (Å²) in [4.78, 5) is 2.58. The van der Waals surface area contributed by atoms with Crippen molar-refractivity contribution in [1.82, 2.24) is 4.90 Å². The third-order valence-electron chi connectivity index (χ3n) is 3.58. The van der Waals surface area contributed by atoms with Gasteiger partial charge in [-0.1, -0.05) is 6.92 Å². The van der Waals surface area contributed by atoms with E-state index in [2.05, 4.69) is 11.8 Å². The Hall–Kier alpha value is -0.120. The zero-order valence-corrected chi connectivity index (χ0v) is 9.99. The summed E-state index contributed by atoms with van der Waals surface area (Å²) in [5.41, 5.74) is 5.64. The van der Waals surface area contributed by atoms with Crippen LogP contribution in [0.1, 0.15) is 39.0 Å². The molecule has 1 aliphatic rings. The smallest absolute Gasteiger partial charge is 0.0434 e. The van der Waals surface area contributed by atoms with Gasteiger partial charge < -0.3 is 15.7 Å². The predicted molar refractivity (Wildman–Crippen MR) is 63.8 cm³/mol. The molecular weight excluding hydrogens is 188 g/mol. The second kappa shape index (κ2) is 7.20. The summed E-state index contributed by atoms with van der Waals surface area (Å²) in [5, 5.41) is 8.97. The zero-order chi connectivity index (χ0) is 11.1. The summed E-state index contributed by atoms with van der Waals surface area (Å²) in [6.07, 6.45) is 5.85. The minimum Gasteiger partial charge on any atom is -0.396 e. The monoisotopic (exact) mass is 214 g/mol. The first-order valence-corrected chi connectivity index (χ1v) is 6.36. The van der Waals surface area contributed by atoms with Crippen molar-refractivity contribution >= 4 is 0 Å². The summed E-state index contributed by atoms with van der Waals surface area (Å²) < 4.78 is 0. The summed E-state index contributed by atoms with van der Waals surface area (Å²) in [5.74, 6) is 0.704. The Labute approximate surface area is 93.6 Å². The van der Waals surface area contributed by atoms with Gasteiger partial charge in [0.25, 0.3) is 0 Å². The van der Waals surface area contributed by atoms with Crippen LogP contribution in [-0.2, 0) is 0 Å². The molecule has 3 heteroatoms. The molecule has 0 amide bonds. The molecule has 2 atom stereocenters. The highest BCUT2D eigenvalue weighted by atomic mass is 16.3. The lowest BCUT2D eigenvalue weighted by Gasteiger charge is -2.38. The Balaban J connectivity index is 2.39. The second-order valence-corrected chi connectivity index (χ2v) is 4.65. The number of rotatable bonds is 6. The maximum absolute atomic E-state index is 8.97. The molecule has 0 aromatic heterocycles. The van der Waals surface area contributed by atoms with Crippen LogP contribution in [0.5, 0.6) is 0 Å². The van der Waals surface area contributed by atoms with Crippen LogP contribution in [0.2, 0.25) is 0 Å². The molecule has 15 heavy (non-hydrogen) atoms.